The number of carbonyl (C=O) groups excluding carboxylic acids is 1. The van der Waals surface area contributed by atoms with Gasteiger partial charge in [0, 0.05) is 6.61 Å². The smallest absolute Gasteiger partial charge is 0.177 e. The Morgan fingerprint density at radius 3 is 2.50 bits per heavy atom. The third-order valence-corrected chi connectivity index (χ3v) is 1.95. The molecule has 0 spiro atoms. The zero-order valence-electron chi connectivity index (χ0n) is 8.22. The average molecular weight is 173 g/mol. The van der Waals surface area contributed by atoms with Crippen molar-refractivity contribution in [3.63, 3.8) is 0 Å². The third kappa shape index (κ3) is 3.83. The van der Waals surface area contributed by atoms with Crippen molar-refractivity contribution < 1.29 is 9.53 Å². The van der Waals surface area contributed by atoms with Gasteiger partial charge in [0.15, 0.2) is 5.78 Å². The molecule has 0 aromatic rings. The van der Waals surface area contributed by atoms with Crippen molar-refractivity contribution in [3.8, 4) is 0 Å². The van der Waals surface area contributed by atoms with E-state index >= 15 is 0 Å². The summed E-state index contributed by atoms with van der Waals surface area (Å²) < 4.78 is 5.10. The van der Waals surface area contributed by atoms with Gasteiger partial charge in [0.2, 0.25) is 0 Å². The Kier molecular flexibility index (Phi) is 5.09. The van der Waals surface area contributed by atoms with Crippen molar-refractivity contribution in [2.24, 2.45) is 5.73 Å². The fourth-order valence-corrected chi connectivity index (χ4v) is 0.671. The van der Waals surface area contributed by atoms with Gasteiger partial charge in [-0.25, -0.2) is 0 Å². The molecule has 0 saturated carbocycles. The Labute approximate surface area is 74.3 Å². The number of ketones is 1. The number of nitrogens with two attached hydrogens (primary N) is 1. The molecule has 0 heterocycles. The van der Waals surface area contributed by atoms with Crippen molar-refractivity contribution in [1.29, 1.82) is 0 Å². The van der Waals surface area contributed by atoms with Crippen LogP contribution < -0.4 is 5.73 Å². The first-order chi connectivity index (χ1) is 5.54. The molecule has 0 radical (unpaired) electrons. The standard InChI is InChI=1S/C9H19NO2/c1-4-6-12-7-8(11)9(3,10)5-2/h4-7,10H2,1-3H3. The molecule has 0 bridgehead atoms. The Morgan fingerprint density at radius 1 is 1.50 bits per heavy atom. The van der Waals surface area contributed by atoms with Crippen molar-refractivity contribution in [2.75, 3.05) is 13.2 Å². The van der Waals surface area contributed by atoms with Crippen LogP contribution in [0.15, 0.2) is 0 Å². The van der Waals surface area contributed by atoms with E-state index in [1.807, 2.05) is 13.8 Å². The molecule has 0 aliphatic carbocycles. The Morgan fingerprint density at radius 2 is 2.08 bits per heavy atom. The number of hydrogen-bond donors (Lipinski definition) is 1. The Bertz CT molecular complexity index is 143. The highest BCUT2D eigenvalue weighted by Crippen LogP contribution is 2.06. The summed E-state index contributed by atoms with van der Waals surface area (Å²) in [5.74, 6) is -0.0153. The van der Waals surface area contributed by atoms with E-state index in [0.717, 1.165) is 6.42 Å². The number of rotatable bonds is 6. The largest absolute Gasteiger partial charge is 0.374 e. The molecule has 0 aliphatic rings. The minimum atomic E-state index is -0.715. The first-order valence-corrected chi connectivity index (χ1v) is 4.44. The van der Waals surface area contributed by atoms with E-state index in [1.54, 1.807) is 6.92 Å². The topological polar surface area (TPSA) is 52.3 Å². The van der Waals surface area contributed by atoms with Gasteiger partial charge in [-0.05, 0) is 19.8 Å². The molecular formula is C9H19NO2. The van der Waals surface area contributed by atoms with Gasteiger partial charge >= 0.3 is 0 Å². The molecular weight excluding hydrogens is 154 g/mol. The van der Waals surface area contributed by atoms with E-state index in [1.165, 1.54) is 0 Å². The van der Waals surface area contributed by atoms with E-state index in [4.69, 9.17) is 10.5 Å². The van der Waals surface area contributed by atoms with Gasteiger partial charge in [0.1, 0.15) is 6.61 Å². The maximum absolute atomic E-state index is 11.3. The average Bonchev–Trinajstić information content (AvgIpc) is 2.05. The van der Waals surface area contributed by atoms with Gasteiger partial charge in [-0.1, -0.05) is 13.8 Å². The highest BCUT2D eigenvalue weighted by molar-refractivity contribution is 5.88. The zero-order chi connectivity index (χ0) is 9.61. The van der Waals surface area contributed by atoms with Crippen molar-refractivity contribution in [1.82, 2.24) is 0 Å². The molecule has 0 aromatic heterocycles. The van der Waals surface area contributed by atoms with E-state index in [0.29, 0.717) is 13.0 Å². The predicted octanol–water partition coefficient (Wildman–Crippen LogP) is 1.11. The Hall–Kier alpha value is -0.410. The summed E-state index contributed by atoms with van der Waals surface area (Å²) in [6.07, 6.45) is 1.59. The third-order valence-electron chi connectivity index (χ3n) is 1.95. The lowest BCUT2D eigenvalue weighted by Gasteiger charge is -2.20. The molecule has 0 amide bonds. The SMILES string of the molecule is CCCOCC(=O)C(C)(N)CC. The van der Waals surface area contributed by atoms with Crippen LogP contribution in [0.2, 0.25) is 0 Å². The molecule has 0 aliphatic heterocycles. The minimum absolute atomic E-state index is 0.0153. The molecule has 3 heteroatoms. The molecule has 12 heavy (non-hydrogen) atoms. The van der Waals surface area contributed by atoms with Gasteiger partial charge in [-0.15, -0.1) is 0 Å². The second-order valence-corrected chi connectivity index (χ2v) is 3.25. The van der Waals surface area contributed by atoms with Crippen LogP contribution in [-0.2, 0) is 9.53 Å². The quantitative estimate of drug-likeness (QED) is 0.612. The molecule has 0 fully saturated rings. The summed E-state index contributed by atoms with van der Waals surface area (Å²) in [4.78, 5) is 11.3. The lowest BCUT2D eigenvalue weighted by atomic mass is 9.95. The highest BCUT2D eigenvalue weighted by Gasteiger charge is 2.25. The second-order valence-electron chi connectivity index (χ2n) is 3.25. The molecule has 1 atom stereocenters. The summed E-state index contributed by atoms with van der Waals surface area (Å²) in [5, 5.41) is 0. The fourth-order valence-electron chi connectivity index (χ4n) is 0.671. The number of hydrogen-bond acceptors (Lipinski definition) is 3. The van der Waals surface area contributed by atoms with Crippen molar-refractivity contribution in [3.05, 3.63) is 0 Å². The molecule has 0 saturated heterocycles. The van der Waals surface area contributed by atoms with E-state index < -0.39 is 5.54 Å². The summed E-state index contributed by atoms with van der Waals surface area (Å²) in [6.45, 7) is 6.43. The lowest BCUT2D eigenvalue weighted by molar-refractivity contribution is -0.128. The van der Waals surface area contributed by atoms with Gasteiger partial charge in [-0.2, -0.15) is 0 Å². The number of carbonyl (C=O) groups is 1. The summed E-state index contributed by atoms with van der Waals surface area (Å²) in [7, 11) is 0. The maximum Gasteiger partial charge on any atom is 0.177 e. The molecule has 0 aromatic carbocycles. The van der Waals surface area contributed by atoms with Crippen LogP contribution in [-0.4, -0.2) is 24.5 Å². The van der Waals surface area contributed by atoms with Crippen LogP contribution >= 0.6 is 0 Å². The highest BCUT2D eigenvalue weighted by atomic mass is 16.5. The van der Waals surface area contributed by atoms with Crippen LogP contribution in [0.25, 0.3) is 0 Å². The number of Topliss-reactive ketones (excluding diaryl/α,β-unsaturated/α-hetero) is 1. The predicted molar refractivity (Wildman–Crippen MR) is 49.0 cm³/mol. The summed E-state index contributed by atoms with van der Waals surface area (Å²) >= 11 is 0. The van der Waals surface area contributed by atoms with Gasteiger partial charge in [-0.3, -0.25) is 4.79 Å². The van der Waals surface area contributed by atoms with E-state index in [2.05, 4.69) is 0 Å². The fraction of sp³-hybridized carbons (Fsp3) is 0.889. The monoisotopic (exact) mass is 173 g/mol. The molecule has 0 rings (SSSR count). The molecule has 3 nitrogen and oxygen atoms in total. The molecule has 1 unspecified atom stereocenters. The molecule has 2 N–H and O–H groups in total. The zero-order valence-corrected chi connectivity index (χ0v) is 8.22. The summed E-state index contributed by atoms with van der Waals surface area (Å²) in [6, 6.07) is 0. The van der Waals surface area contributed by atoms with Crippen LogP contribution in [0, 0.1) is 0 Å². The van der Waals surface area contributed by atoms with Gasteiger partial charge in [0.05, 0.1) is 5.54 Å². The van der Waals surface area contributed by atoms with Crippen LogP contribution in [0.4, 0.5) is 0 Å². The van der Waals surface area contributed by atoms with Gasteiger partial charge in [0.25, 0.3) is 0 Å². The lowest BCUT2D eigenvalue weighted by Crippen LogP contribution is -2.46. The van der Waals surface area contributed by atoms with E-state index in [-0.39, 0.29) is 12.4 Å². The first-order valence-electron chi connectivity index (χ1n) is 4.44. The minimum Gasteiger partial charge on any atom is -0.374 e. The van der Waals surface area contributed by atoms with Crippen LogP contribution in [0.1, 0.15) is 33.6 Å². The second kappa shape index (κ2) is 5.27. The van der Waals surface area contributed by atoms with Crippen molar-refractivity contribution in [2.45, 2.75) is 39.2 Å². The van der Waals surface area contributed by atoms with Crippen LogP contribution in [0.3, 0.4) is 0 Å². The Balaban J connectivity index is 3.72. The van der Waals surface area contributed by atoms with Gasteiger partial charge < -0.3 is 10.5 Å². The van der Waals surface area contributed by atoms with Crippen molar-refractivity contribution >= 4 is 5.78 Å². The molecule has 72 valence electrons. The van der Waals surface area contributed by atoms with E-state index in [9.17, 15) is 4.79 Å². The van der Waals surface area contributed by atoms with Crippen LogP contribution in [0.5, 0.6) is 0 Å². The normalized spacial score (nSPS) is 15.7. The maximum atomic E-state index is 11.3. The summed E-state index contributed by atoms with van der Waals surface area (Å²) in [5.41, 5.74) is 5.00. The first kappa shape index (κ1) is 11.6. The number of ether oxygens (including phenoxy) is 1.